The number of thiophene rings is 1. The van der Waals surface area contributed by atoms with Gasteiger partial charge in [-0.2, -0.15) is 0 Å². The average molecular weight is 743 g/mol. The maximum atomic E-state index is 2.44. The van der Waals surface area contributed by atoms with E-state index in [0.717, 1.165) is 5.69 Å². The minimum Gasteiger partial charge on any atom is -0.309 e. The van der Waals surface area contributed by atoms with E-state index in [1.807, 2.05) is 11.3 Å². The molecule has 2 nitrogen and oxygen atoms in total. The summed E-state index contributed by atoms with van der Waals surface area (Å²) in [5.41, 5.74) is 14.5. The van der Waals surface area contributed by atoms with Crippen molar-refractivity contribution < 1.29 is 0 Å². The van der Waals surface area contributed by atoms with Gasteiger partial charge in [-0.3, -0.25) is 0 Å². The second kappa shape index (κ2) is 12.7. The Labute approximate surface area is 333 Å². The monoisotopic (exact) mass is 742 g/mol. The van der Waals surface area contributed by atoms with E-state index < -0.39 is 0 Å². The zero-order valence-electron chi connectivity index (χ0n) is 30.9. The van der Waals surface area contributed by atoms with Gasteiger partial charge in [-0.05, 0) is 107 Å². The van der Waals surface area contributed by atoms with Crippen LogP contribution in [0, 0.1) is 0 Å². The predicted octanol–water partition coefficient (Wildman–Crippen LogP) is 15.2. The van der Waals surface area contributed by atoms with E-state index in [2.05, 4.69) is 215 Å². The third-order valence-corrected chi connectivity index (χ3v) is 12.9. The number of aromatic nitrogens is 2. The van der Waals surface area contributed by atoms with Crippen molar-refractivity contribution in [1.82, 2.24) is 9.13 Å². The maximum Gasteiger partial charge on any atom is 0.0541 e. The third kappa shape index (κ3) is 5.03. The van der Waals surface area contributed by atoms with Crippen molar-refractivity contribution in [3.8, 4) is 44.8 Å². The molecule has 12 rings (SSSR count). The van der Waals surface area contributed by atoms with E-state index >= 15 is 0 Å². The molecule has 57 heavy (non-hydrogen) atoms. The van der Waals surface area contributed by atoms with E-state index in [9.17, 15) is 0 Å². The smallest absolute Gasteiger partial charge is 0.0541 e. The van der Waals surface area contributed by atoms with Gasteiger partial charge in [0, 0.05) is 58.7 Å². The summed E-state index contributed by atoms with van der Waals surface area (Å²) in [7, 11) is 0. The molecular weight excluding hydrogens is 709 g/mol. The predicted molar refractivity (Wildman–Crippen MR) is 244 cm³/mol. The highest BCUT2D eigenvalue weighted by Crippen LogP contribution is 2.44. The molecule has 0 atom stereocenters. The molecule has 0 radical (unpaired) electrons. The van der Waals surface area contributed by atoms with Gasteiger partial charge in [0.15, 0.2) is 0 Å². The van der Waals surface area contributed by atoms with Crippen LogP contribution in [0.4, 0.5) is 0 Å². The highest BCUT2D eigenvalue weighted by atomic mass is 32.1. The highest BCUT2D eigenvalue weighted by Gasteiger charge is 2.18. The first-order valence-corrected chi connectivity index (χ1v) is 20.3. The van der Waals surface area contributed by atoms with Crippen LogP contribution < -0.4 is 0 Å². The average Bonchev–Trinajstić information content (AvgIpc) is 3.94. The standard InChI is InChI=1S/C54H34N2S/c1-3-14-35(15-4-1)39-33-45(54-48(34-39)44-22-9-12-25-53(44)57-54)38-16-13-19-41(30-38)56-50-24-11-8-21-43(50)47-32-37(27-29-52(47)56)36-26-28-51-46(31-36)42-20-7-10-23-49(42)55(51)40-17-5-2-6-18-40/h1-34H. The zero-order chi connectivity index (χ0) is 37.5. The Kier molecular flexibility index (Phi) is 7.13. The lowest BCUT2D eigenvalue weighted by atomic mass is 9.96. The van der Waals surface area contributed by atoms with Crippen molar-refractivity contribution >= 4 is 75.1 Å². The molecule has 0 fully saturated rings. The Balaban J connectivity index is 1.02. The fourth-order valence-corrected chi connectivity index (χ4v) is 10.3. The summed E-state index contributed by atoms with van der Waals surface area (Å²) < 4.78 is 7.46. The second-order valence-corrected chi connectivity index (χ2v) is 16.0. The van der Waals surface area contributed by atoms with Crippen LogP contribution in [0.15, 0.2) is 206 Å². The van der Waals surface area contributed by atoms with Gasteiger partial charge < -0.3 is 9.13 Å². The first kappa shape index (κ1) is 32.1. The molecule has 0 amide bonds. The van der Waals surface area contributed by atoms with Gasteiger partial charge in [-0.1, -0.05) is 127 Å². The summed E-state index contributed by atoms with van der Waals surface area (Å²) in [5, 5.41) is 7.64. The first-order chi connectivity index (χ1) is 28.3. The molecule has 3 heteroatoms. The molecular formula is C54H34N2S. The molecule has 0 bridgehead atoms. The summed E-state index contributed by atoms with van der Waals surface area (Å²) in [5.74, 6) is 0. The van der Waals surface area contributed by atoms with E-state index in [0.29, 0.717) is 0 Å². The molecule has 0 aliphatic heterocycles. The number of nitrogens with zero attached hydrogens (tertiary/aromatic N) is 2. The molecule has 0 saturated carbocycles. The summed E-state index contributed by atoms with van der Waals surface area (Å²) in [6.07, 6.45) is 0. The summed E-state index contributed by atoms with van der Waals surface area (Å²) in [6, 6.07) is 75.7. The van der Waals surface area contributed by atoms with Crippen molar-refractivity contribution in [1.29, 1.82) is 0 Å². The Morgan fingerprint density at radius 2 is 0.789 bits per heavy atom. The van der Waals surface area contributed by atoms with Gasteiger partial charge in [-0.25, -0.2) is 0 Å². The largest absolute Gasteiger partial charge is 0.309 e. The zero-order valence-corrected chi connectivity index (χ0v) is 31.7. The molecule has 0 unspecified atom stereocenters. The van der Waals surface area contributed by atoms with Gasteiger partial charge in [0.1, 0.15) is 0 Å². The van der Waals surface area contributed by atoms with Crippen LogP contribution in [0.25, 0.3) is 109 Å². The summed E-state index contributed by atoms with van der Waals surface area (Å²) in [4.78, 5) is 0. The van der Waals surface area contributed by atoms with Crippen LogP contribution >= 0.6 is 11.3 Å². The molecule has 0 spiro atoms. The fourth-order valence-electron chi connectivity index (χ4n) is 9.09. The van der Waals surface area contributed by atoms with Crippen molar-refractivity contribution in [2.45, 2.75) is 0 Å². The molecule has 0 aliphatic rings. The second-order valence-electron chi connectivity index (χ2n) is 14.9. The van der Waals surface area contributed by atoms with Gasteiger partial charge in [0.05, 0.1) is 22.1 Å². The maximum absolute atomic E-state index is 2.44. The molecule has 3 aromatic heterocycles. The number of para-hydroxylation sites is 3. The van der Waals surface area contributed by atoms with Crippen molar-refractivity contribution in [3.63, 3.8) is 0 Å². The molecule has 0 aliphatic carbocycles. The molecule has 0 N–H and O–H groups in total. The molecule has 12 aromatic rings. The normalized spacial score (nSPS) is 11.9. The van der Waals surface area contributed by atoms with Gasteiger partial charge in [0.25, 0.3) is 0 Å². The Hall–Kier alpha value is -7.20. The lowest BCUT2D eigenvalue weighted by molar-refractivity contribution is 1.18. The Morgan fingerprint density at radius 1 is 0.281 bits per heavy atom. The van der Waals surface area contributed by atoms with Crippen molar-refractivity contribution in [3.05, 3.63) is 206 Å². The SMILES string of the molecule is c1ccc(-c2cc(-c3cccc(-n4c5ccccc5c5cc(-c6ccc7c(c6)c6ccccc6n7-c6ccccc6)ccc54)c3)c3sc4ccccc4c3c2)cc1. The van der Waals surface area contributed by atoms with E-state index in [1.54, 1.807) is 0 Å². The number of fused-ring (bicyclic) bond motifs is 9. The number of benzene rings is 9. The summed E-state index contributed by atoms with van der Waals surface area (Å²) >= 11 is 1.89. The van der Waals surface area contributed by atoms with E-state index in [1.165, 1.54) is 103 Å². The van der Waals surface area contributed by atoms with Crippen LogP contribution in [0.2, 0.25) is 0 Å². The summed E-state index contributed by atoms with van der Waals surface area (Å²) in [6.45, 7) is 0. The van der Waals surface area contributed by atoms with Crippen molar-refractivity contribution in [2.75, 3.05) is 0 Å². The molecule has 266 valence electrons. The minimum atomic E-state index is 1.15. The Bertz CT molecular complexity index is 3510. The van der Waals surface area contributed by atoms with Crippen LogP contribution in [0.3, 0.4) is 0 Å². The molecule has 0 saturated heterocycles. The minimum absolute atomic E-state index is 1.15. The highest BCUT2D eigenvalue weighted by molar-refractivity contribution is 7.26. The number of hydrogen-bond acceptors (Lipinski definition) is 1. The van der Waals surface area contributed by atoms with E-state index in [4.69, 9.17) is 0 Å². The molecule has 9 aromatic carbocycles. The van der Waals surface area contributed by atoms with Crippen LogP contribution in [0.5, 0.6) is 0 Å². The van der Waals surface area contributed by atoms with Crippen LogP contribution in [-0.4, -0.2) is 9.13 Å². The van der Waals surface area contributed by atoms with Gasteiger partial charge >= 0.3 is 0 Å². The lowest BCUT2D eigenvalue weighted by Gasteiger charge is -2.13. The quantitative estimate of drug-likeness (QED) is 0.166. The van der Waals surface area contributed by atoms with Gasteiger partial charge in [0.2, 0.25) is 0 Å². The topological polar surface area (TPSA) is 9.86 Å². The fraction of sp³-hybridized carbons (Fsp3) is 0. The van der Waals surface area contributed by atoms with Crippen LogP contribution in [-0.2, 0) is 0 Å². The third-order valence-electron chi connectivity index (χ3n) is 11.7. The van der Waals surface area contributed by atoms with E-state index in [-0.39, 0.29) is 0 Å². The molecule has 3 heterocycles. The van der Waals surface area contributed by atoms with Crippen molar-refractivity contribution in [2.24, 2.45) is 0 Å². The van der Waals surface area contributed by atoms with Gasteiger partial charge in [-0.15, -0.1) is 11.3 Å². The lowest BCUT2D eigenvalue weighted by Crippen LogP contribution is -1.94. The number of rotatable bonds is 5. The number of hydrogen-bond donors (Lipinski definition) is 0. The van der Waals surface area contributed by atoms with Crippen LogP contribution in [0.1, 0.15) is 0 Å². The first-order valence-electron chi connectivity index (χ1n) is 19.5. The Morgan fingerprint density at radius 3 is 1.47 bits per heavy atom.